The monoisotopic (exact) mass is 212 g/mol. The highest BCUT2D eigenvalue weighted by molar-refractivity contribution is 5.71. The van der Waals surface area contributed by atoms with Gasteiger partial charge in [-0.2, -0.15) is 0 Å². The van der Waals surface area contributed by atoms with Gasteiger partial charge in [-0.3, -0.25) is 4.79 Å². The normalized spacial score (nSPS) is 10.4. The van der Waals surface area contributed by atoms with Crippen LogP contribution in [-0.2, 0) is 9.53 Å². The summed E-state index contributed by atoms with van der Waals surface area (Å²) in [6.45, 7) is 10.2. The highest BCUT2D eigenvalue weighted by atomic mass is 16.5. The molecule has 0 aliphatic rings. The van der Waals surface area contributed by atoms with E-state index in [1.54, 1.807) is 0 Å². The average molecular weight is 212 g/mol. The van der Waals surface area contributed by atoms with Crippen LogP contribution in [0.5, 0.6) is 0 Å². The molecule has 0 bridgehead atoms. The van der Waals surface area contributed by atoms with Crippen molar-refractivity contribution in [3.05, 3.63) is 12.2 Å². The van der Waals surface area contributed by atoms with E-state index in [1.807, 2.05) is 13.8 Å². The SMILES string of the molecule is C=C(C)CCCCCCOC(=O)C(C)C. The van der Waals surface area contributed by atoms with Crippen molar-refractivity contribution in [2.24, 2.45) is 5.92 Å². The maximum absolute atomic E-state index is 11.1. The molecule has 0 fully saturated rings. The van der Waals surface area contributed by atoms with Crippen LogP contribution >= 0.6 is 0 Å². The van der Waals surface area contributed by atoms with Crippen molar-refractivity contribution in [2.75, 3.05) is 6.61 Å². The van der Waals surface area contributed by atoms with Gasteiger partial charge in [0.05, 0.1) is 12.5 Å². The maximum Gasteiger partial charge on any atom is 0.308 e. The number of rotatable bonds is 8. The molecule has 0 aliphatic carbocycles. The first kappa shape index (κ1) is 14.2. The number of hydrogen-bond acceptors (Lipinski definition) is 2. The molecule has 0 saturated carbocycles. The van der Waals surface area contributed by atoms with Crippen LogP contribution < -0.4 is 0 Å². The second kappa shape index (κ2) is 8.51. The average Bonchev–Trinajstić information content (AvgIpc) is 2.15. The first-order valence-corrected chi connectivity index (χ1v) is 5.85. The first-order chi connectivity index (χ1) is 7.04. The minimum atomic E-state index is -0.0862. The topological polar surface area (TPSA) is 26.3 Å². The van der Waals surface area contributed by atoms with Gasteiger partial charge >= 0.3 is 5.97 Å². The van der Waals surface area contributed by atoms with E-state index in [4.69, 9.17) is 4.74 Å². The van der Waals surface area contributed by atoms with Crippen molar-refractivity contribution in [1.29, 1.82) is 0 Å². The Labute approximate surface area is 93.7 Å². The lowest BCUT2D eigenvalue weighted by molar-refractivity contribution is -0.147. The minimum Gasteiger partial charge on any atom is -0.465 e. The van der Waals surface area contributed by atoms with Crippen LogP contribution in [-0.4, -0.2) is 12.6 Å². The van der Waals surface area contributed by atoms with Gasteiger partial charge in [-0.05, 0) is 26.2 Å². The predicted molar refractivity (Wildman–Crippen MR) is 63.7 cm³/mol. The van der Waals surface area contributed by atoms with Crippen molar-refractivity contribution >= 4 is 5.97 Å². The number of carbonyl (C=O) groups is 1. The number of esters is 1. The van der Waals surface area contributed by atoms with Crippen LogP contribution in [0.4, 0.5) is 0 Å². The van der Waals surface area contributed by atoms with Crippen LogP contribution in [0.25, 0.3) is 0 Å². The maximum atomic E-state index is 11.1. The molecule has 0 atom stereocenters. The number of carbonyl (C=O) groups excluding carboxylic acids is 1. The fourth-order valence-corrected chi connectivity index (χ4v) is 1.22. The Hall–Kier alpha value is -0.790. The van der Waals surface area contributed by atoms with Crippen LogP contribution in [0.2, 0.25) is 0 Å². The molecule has 0 aromatic rings. The van der Waals surface area contributed by atoms with E-state index in [-0.39, 0.29) is 11.9 Å². The standard InChI is InChI=1S/C13H24O2/c1-11(2)9-7-5-6-8-10-15-13(14)12(3)4/h12H,1,5-10H2,2-4H3. The molecule has 0 heterocycles. The summed E-state index contributed by atoms with van der Waals surface area (Å²) in [7, 11) is 0. The Balaban J connectivity index is 3.18. The zero-order valence-corrected chi connectivity index (χ0v) is 10.3. The molecular formula is C13H24O2. The van der Waals surface area contributed by atoms with Crippen molar-refractivity contribution in [2.45, 2.75) is 52.9 Å². The summed E-state index contributed by atoms with van der Waals surface area (Å²) in [6.07, 6.45) is 5.64. The van der Waals surface area contributed by atoms with Gasteiger partial charge in [0.15, 0.2) is 0 Å². The Morgan fingerprint density at radius 1 is 1.20 bits per heavy atom. The summed E-state index contributed by atoms with van der Waals surface area (Å²) < 4.78 is 5.07. The smallest absolute Gasteiger partial charge is 0.308 e. The largest absolute Gasteiger partial charge is 0.465 e. The molecule has 88 valence electrons. The van der Waals surface area contributed by atoms with Crippen LogP contribution in [0, 0.1) is 5.92 Å². The lowest BCUT2D eigenvalue weighted by Crippen LogP contribution is -2.12. The Morgan fingerprint density at radius 2 is 1.80 bits per heavy atom. The number of hydrogen-bond donors (Lipinski definition) is 0. The lowest BCUT2D eigenvalue weighted by Gasteiger charge is -2.06. The van der Waals surface area contributed by atoms with Gasteiger partial charge in [0.25, 0.3) is 0 Å². The van der Waals surface area contributed by atoms with Gasteiger partial charge in [0.2, 0.25) is 0 Å². The number of ether oxygens (including phenoxy) is 1. The van der Waals surface area contributed by atoms with Gasteiger partial charge in [0.1, 0.15) is 0 Å². The molecule has 0 saturated heterocycles. The zero-order valence-electron chi connectivity index (χ0n) is 10.3. The molecule has 0 aromatic carbocycles. The molecule has 0 aromatic heterocycles. The molecule has 0 N–H and O–H groups in total. The van der Waals surface area contributed by atoms with E-state index in [0.717, 1.165) is 19.3 Å². The van der Waals surface area contributed by atoms with E-state index in [0.29, 0.717) is 6.61 Å². The van der Waals surface area contributed by atoms with Crippen molar-refractivity contribution in [3.63, 3.8) is 0 Å². The third-order valence-corrected chi connectivity index (χ3v) is 2.21. The van der Waals surface area contributed by atoms with Crippen molar-refractivity contribution in [1.82, 2.24) is 0 Å². The molecule has 15 heavy (non-hydrogen) atoms. The Morgan fingerprint density at radius 3 is 2.33 bits per heavy atom. The lowest BCUT2D eigenvalue weighted by atomic mass is 10.1. The van der Waals surface area contributed by atoms with E-state index < -0.39 is 0 Å². The van der Waals surface area contributed by atoms with Crippen LogP contribution in [0.1, 0.15) is 52.9 Å². The van der Waals surface area contributed by atoms with E-state index in [1.165, 1.54) is 18.4 Å². The fraction of sp³-hybridized carbons (Fsp3) is 0.769. The summed E-state index contributed by atoms with van der Waals surface area (Å²) in [5.41, 5.74) is 1.25. The van der Waals surface area contributed by atoms with Crippen LogP contribution in [0.15, 0.2) is 12.2 Å². The van der Waals surface area contributed by atoms with Crippen LogP contribution in [0.3, 0.4) is 0 Å². The number of unbranched alkanes of at least 4 members (excludes halogenated alkanes) is 3. The summed E-state index contributed by atoms with van der Waals surface area (Å²) in [5, 5.41) is 0. The van der Waals surface area contributed by atoms with Crippen molar-refractivity contribution in [3.8, 4) is 0 Å². The van der Waals surface area contributed by atoms with Gasteiger partial charge in [-0.15, -0.1) is 6.58 Å². The summed E-state index contributed by atoms with van der Waals surface area (Å²) in [5.74, 6) is -0.0923. The van der Waals surface area contributed by atoms with E-state index >= 15 is 0 Å². The molecule has 0 radical (unpaired) electrons. The summed E-state index contributed by atoms with van der Waals surface area (Å²) in [4.78, 5) is 11.1. The van der Waals surface area contributed by atoms with E-state index in [9.17, 15) is 4.79 Å². The van der Waals surface area contributed by atoms with Gasteiger partial charge in [-0.25, -0.2) is 0 Å². The molecule has 0 rings (SSSR count). The molecule has 0 amide bonds. The molecule has 2 nitrogen and oxygen atoms in total. The highest BCUT2D eigenvalue weighted by Gasteiger charge is 2.06. The molecule has 0 aliphatic heterocycles. The second-order valence-corrected chi connectivity index (χ2v) is 4.44. The first-order valence-electron chi connectivity index (χ1n) is 5.85. The zero-order chi connectivity index (χ0) is 11.7. The minimum absolute atomic E-state index is 0.00610. The number of allylic oxidation sites excluding steroid dienone is 1. The molecule has 2 heteroatoms. The van der Waals surface area contributed by atoms with Gasteiger partial charge < -0.3 is 4.74 Å². The summed E-state index contributed by atoms with van der Waals surface area (Å²) in [6, 6.07) is 0. The van der Waals surface area contributed by atoms with Gasteiger partial charge in [0, 0.05) is 0 Å². The Bertz CT molecular complexity index is 195. The third-order valence-electron chi connectivity index (χ3n) is 2.21. The molecule has 0 unspecified atom stereocenters. The Kier molecular flexibility index (Phi) is 8.06. The van der Waals surface area contributed by atoms with Gasteiger partial charge in [-0.1, -0.05) is 32.3 Å². The third kappa shape index (κ3) is 9.51. The quantitative estimate of drug-likeness (QED) is 0.348. The van der Waals surface area contributed by atoms with E-state index in [2.05, 4.69) is 13.5 Å². The highest BCUT2D eigenvalue weighted by Crippen LogP contribution is 2.08. The summed E-state index contributed by atoms with van der Waals surface area (Å²) >= 11 is 0. The molecular weight excluding hydrogens is 188 g/mol. The second-order valence-electron chi connectivity index (χ2n) is 4.44. The predicted octanol–water partition coefficient (Wildman–Crippen LogP) is 3.71. The van der Waals surface area contributed by atoms with Crippen molar-refractivity contribution < 1.29 is 9.53 Å². The fourth-order valence-electron chi connectivity index (χ4n) is 1.22. The molecule has 0 spiro atoms.